The average Bonchev–Trinajstić information content (AvgIpc) is 2.91. The van der Waals surface area contributed by atoms with Gasteiger partial charge in [-0.05, 0) is 31.1 Å². The fourth-order valence-corrected chi connectivity index (χ4v) is 4.49. The van der Waals surface area contributed by atoms with Gasteiger partial charge in [-0.1, -0.05) is 6.42 Å². The van der Waals surface area contributed by atoms with Crippen molar-refractivity contribution in [1.82, 2.24) is 10.2 Å². The molecule has 1 aromatic heterocycles. The fraction of sp³-hybridized carbons (Fsp3) is 0.818. The quantitative estimate of drug-likeness (QED) is 0.761. The maximum Gasteiger partial charge on any atom is 0.120 e. The van der Waals surface area contributed by atoms with E-state index < -0.39 is 0 Å². The summed E-state index contributed by atoms with van der Waals surface area (Å²) in [4.78, 5) is 0. The molecule has 3 rings (SSSR count). The zero-order valence-corrected chi connectivity index (χ0v) is 10.2. The van der Waals surface area contributed by atoms with Crippen LogP contribution in [-0.4, -0.2) is 16.1 Å². The van der Waals surface area contributed by atoms with Crippen molar-refractivity contribution in [2.45, 2.75) is 38.0 Å². The van der Waals surface area contributed by atoms with Gasteiger partial charge in [0.05, 0.1) is 0 Å². The van der Waals surface area contributed by atoms with E-state index >= 15 is 0 Å². The van der Waals surface area contributed by atoms with Crippen LogP contribution in [0.25, 0.3) is 0 Å². The van der Waals surface area contributed by atoms with E-state index in [1.807, 2.05) is 0 Å². The molecule has 0 radical (unpaired) electrons. The van der Waals surface area contributed by atoms with Crippen LogP contribution in [0.15, 0.2) is 0 Å². The molecule has 0 amide bonds. The third-order valence-corrected chi connectivity index (χ3v) is 5.15. The smallest absolute Gasteiger partial charge is 0.120 e. The Balaban J connectivity index is 1.75. The molecule has 0 N–H and O–H groups in total. The van der Waals surface area contributed by atoms with Crippen molar-refractivity contribution in [3.05, 3.63) is 10.0 Å². The van der Waals surface area contributed by atoms with E-state index in [2.05, 4.69) is 10.2 Å². The third-order valence-electron chi connectivity index (χ3n) is 3.85. The first-order chi connectivity index (χ1) is 7.36. The van der Waals surface area contributed by atoms with Crippen LogP contribution in [0, 0.1) is 11.8 Å². The Kier molecular flexibility index (Phi) is 2.69. The number of aryl methyl sites for hydroxylation is 1. The van der Waals surface area contributed by atoms with Crippen molar-refractivity contribution in [2.24, 2.45) is 11.8 Å². The van der Waals surface area contributed by atoms with Crippen LogP contribution in [0.2, 0.25) is 0 Å². The van der Waals surface area contributed by atoms with Gasteiger partial charge in [0.15, 0.2) is 0 Å². The SMILES string of the molecule is ClCCc1nnc(C2CC3CCC2C3)s1. The molecule has 2 bridgehead atoms. The van der Waals surface area contributed by atoms with Crippen molar-refractivity contribution in [3.8, 4) is 0 Å². The minimum atomic E-state index is 0.658. The Bertz CT molecular complexity index is 352. The summed E-state index contributed by atoms with van der Waals surface area (Å²) in [7, 11) is 0. The summed E-state index contributed by atoms with van der Waals surface area (Å²) >= 11 is 7.49. The van der Waals surface area contributed by atoms with Crippen molar-refractivity contribution < 1.29 is 0 Å². The second-order valence-electron chi connectivity index (χ2n) is 4.75. The van der Waals surface area contributed by atoms with Crippen molar-refractivity contribution in [2.75, 3.05) is 5.88 Å². The van der Waals surface area contributed by atoms with Gasteiger partial charge in [0.25, 0.3) is 0 Å². The highest BCUT2D eigenvalue weighted by Gasteiger charge is 2.41. The molecular weight excluding hydrogens is 228 g/mol. The molecule has 1 heterocycles. The van der Waals surface area contributed by atoms with E-state index in [4.69, 9.17) is 11.6 Å². The Morgan fingerprint density at radius 3 is 2.87 bits per heavy atom. The Morgan fingerprint density at radius 2 is 2.20 bits per heavy atom. The van der Waals surface area contributed by atoms with Gasteiger partial charge in [-0.25, -0.2) is 0 Å². The van der Waals surface area contributed by atoms with Crippen LogP contribution < -0.4 is 0 Å². The van der Waals surface area contributed by atoms with Crippen molar-refractivity contribution >= 4 is 22.9 Å². The summed E-state index contributed by atoms with van der Waals surface area (Å²) in [5.41, 5.74) is 0. The van der Waals surface area contributed by atoms with Gasteiger partial charge in [-0.15, -0.1) is 33.1 Å². The Morgan fingerprint density at radius 1 is 1.27 bits per heavy atom. The Hall–Kier alpha value is -0.150. The van der Waals surface area contributed by atoms with E-state index in [0.29, 0.717) is 5.88 Å². The molecule has 82 valence electrons. The molecule has 2 aliphatic carbocycles. The standard InChI is InChI=1S/C11H15ClN2S/c12-4-3-10-13-14-11(15-10)9-6-7-1-2-8(9)5-7/h7-9H,1-6H2. The highest BCUT2D eigenvalue weighted by Crippen LogP contribution is 2.53. The molecule has 0 aliphatic heterocycles. The van der Waals surface area contributed by atoms with Gasteiger partial charge in [0.1, 0.15) is 10.0 Å². The summed E-state index contributed by atoms with van der Waals surface area (Å²) in [5, 5.41) is 11.0. The molecule has 4 heteroatoms. The molecule has 0 spiro atoms. The van der Waals surface area contributed by atoms with Crippen LogP contribution in [0.4, 0.5) is 0 Å². The molecule has 2 aliphatic rings. The lowest BCUT2D eigenvalue weighted by Gasteiger charge is -2.18. The first-order valence-corrected chi connectivity index (χ1v) is 7.10. The van der Waals surface area contributed by atoms with E-state index in [0.717, 1.165) is 29.2 Å². The van der Waals surface area contributed by atoms with Crippen molar-refractivity contribution in [1.29, 1.82) is 0 Å². The number of alkyl halides is 1. The normalized spacial score (nSPS) is 33.8. The zero-order valence-electron chi connectivity index (χ0n) is 8.66. The van der Waals surface area contributed by atoms with Gasteiger partial charge in [0, 0.05) is 18.2 Å². The predicted molar refractivity (Wildman–Crippen MR) is 62.5 cm³/mol. The van der Waals surface area contributed by atoms with E-state index in [-0.39, 0.29) is 0 Å². The fourth-order valence-electron chi connectivity index (χ4n) is 3.15. The molecule has 3 unspecified atom stereocenters. The molecule has 15 heavy (non-hydrogen) atoms. The van der Waals surface area contributed by atoms with Crippen LogP contribution in [0.3, 0.4) is 0 Å². The van der Waals surface area contributed by atoms with E-state index in [1.54, 1.807) is 11.3 Å². The van der Waals surface area contributed by atoms with Gasteiger partial charge < -0.3 is 0 Å². The number of nitrogens with zero attached hydrogens (tertiary/aromatic N) is 2. The lowest BCUT2D eigenvalue weighted by Crippen LogP contribution is -2.07. The third kappa shape index (κ3) is 1.80. The summed E-state index contributed by atoms with van der Waals surface area (Å²) < 4.78 is 0. The number of halogens is 1. The van der Waals surface area contributed by atoms with Crippen LogP contribution in [-0.2, 0) is 6.42 Å². The minimum absolute atomic E-state index is 0.658. The Labute approximate surface area is 99.1 Å². The maximum atomic E-state index is 5.71. The highest BCUT2D eigenvalue weighted by molar-refractivity contribution is 7.11. The molecular formula is C11H15ClN2S. The van der Waals surface area contributed by atoms with E-state index in [1.165, 1.54) is 30.7 Å². The molecule has 0 saturated heterocycles. The van der Waals surface area contributed by atoms with Gasteiger partial charge in [-0.2, -0.15) is 0 Å². The van der Waals surface area contributed by atoms with Gasteiger partial charge in [-0.3, -0.25) is 0 Å². The first kappa shape index (κ1) is 10.0. The minimum Gasteiger partial charge on any atom is -0.144 e. The molecule has 2 saturated carbocycles. The van der Waals surface area contributed by atoms with Gasteiger partial charge in [0.2, 0.25) is 0 Å². The second kappa shape index (κ2) is 4.02. The molecule has 2 fully saturated rings. The monoisotopic (exact) mass is 242 g/mol. The number of hydrogen-bond donors (Lipinski definition) is 0. The summed E-state index contributed by atoms with van der Waals surface area (Å²) in [5.74, 6) is 3.28. The topological polar surface area (TPSA) is 25.8 Å². The number of fused-ring (bicyclic) bond motifs is 2. The summed E-state index contributed by atoms with van der Waals surface area (Å²) in [6, 6.07) is 0. The lowest BCUT2D eigenvalue weighted by atomic mass is 9.89. The molecule has 3 atom stereocenters. The van der Waals surface area contributed by atoms with Gasteiger partial charge >= 0.3 is 0 Å². The number of aromatic nitrogens is 2. The van der Waals surface area contributed by atoms with E-state index in [9.17, 15) is 0 Å². The molecule has 1 aromatic rings. The zero-order chi connectivity index (χ0) is 10.3. The van der Waals surface area contributed by atoms with Crippen LogP contribution in [0.5, 0.6) is 0 Å². The number of hydrogen-bond acceptors (Lipinski definition) is 3. The summed E-state index contributed by atoms with van der Waals surface area (Å²) in [6.45, 7) is 0. The number of rotatable bonds is 3. The molecule has 2 nitrogen and oxygen atoms in total. The maximum absolute atomic E-state index is 5.71. The highest BCUT2D eigenvalue weighted by atomic mass is 35.5. The lowest BCUT2D eigenvalue weighted by molar-refractivity contribution is 0.417. The largest absolute Gasteiger partial charge is 0.144 e. The second-order valence-corrected chi connectivity index (χ2v) is 6.23. The summed E-state index contributed by atoms with van der Waals surface area (Å²) in [6.07, 6.45) is 6.55. The average molecular weight is 243 g/mol. The van der Waals surface area contributed by atoms with Crippen molar-refractivity contribution in [3.63, 3.8) is 0 Å². The van der Waals surface area contributed by atoms with Crippen LogP contribution >= 0.6 is 22.9 Å². The predicted octanol–water partition coefficient (Wildman–Crippen LogP) is 3.22. The first-order valence-electron chi connectivity index (χ1n) is 5.75. The van der Waals surface area contributed by atoms with Crippen LogP contribution in [0.1, 0.15) is 41.6 Å². The molecule has 0 aromatic carbocycles.